The number of carbonyl (C=O) groups excluding carboxylic acids is 1. The van der Waals surface area contributed by atoms with Crippen molar-refractivity contribution in [1.82, 2.24) is 5.32 Å². The van der Waals surface area contributed by atoms with E-state index in [1.54, 1.807) is 36.4 Å². The van der Waals surface area contributed by atoms with Crippen molar-refractivity contribution in [2.24, 2.45) is 0 Å². The van der Waals surface area contributed by atoms with E-state index >= 15 is 0 Å². The lowest BCUT2D eigenvalue weighted by molar-refractivity contribution is 0.0955. The van der Waals surface area contributed by atoms with Crippen LogP contribution in [0.5, 0.6) is 0 Å². The van der Waals surface area contributed by atoms with Crippen LogP contribution in [0.4, 0.5) is 0 Å². The summed E-state index contributed by atoms with van der Waals surface area (Å²) in [7, 11) is -3.59. The van der Waals surface area contributed by atoms with Crippen molar-refractivity contribution in [1.29, 1.82) is 0 Å². The number of hydrogen-bond acceptors (Lipinski definition) is 4. The number of carbonyl (C=O) groups is 1. The third-order valence-electron chi connectivity index (χ3n) is 4.06. The molecule has 0 aliphatic rings. The van der Waals surface area contributed by atoms with E-state index in [4.69, 9.17) is 0 Å². The van der Waals surface area contributed by atoms with Gasteiger partial charge in [0.25, 0.3) is 5.91 Å². The second-order valence-corrected chi connectivity index (χ2v) is 9.22. The van der Waals surface area contributed by atoms with Crippen LogP contribution < -0.4 is 5.32 Å². The maximum absolute atomic E-state index is 12.6. The zero-order valence-corrected chi connectivity index (χ0v) is 15.9. The summed E-state index contributed by atoms with van der Waals surface area (Å²) in [6.07, 6.45) is 0. The molecule has 0 unspecified atom stereocenters. The number of thiophene rings is 1. The summed E-state index contributed by atoms with van der Waals surface area (Å²) in [4.78, 5) is 13.0. The molecule has 0 fully saturated rings. The second-order valence-electron chi connectivity index (χ2n) is 5.96. The number of benzene rings is 2. The molecule has 0 aliphatic carbocycles. The molecule has 0 spiro atoms. The highest BCUT2D eigenvalue weighted by atomic mass is 32.2. The zero-order chi connectivity index (χ0) is 18.6. The first-order valence-electron chi connectivity index (χ1n) is 8.21. The fourth-order valence-electron chi connectivity index (χ4n) is 2.53. The van der Waals surface area contributed by atoms with E-state index in [1.165, 1.54) is 6.07 Å². The van der Waals surface area contributed by atoms with Crippen molar-refractivity contribution in [2.75, 3.05) is 6.54 Å². The highest BCUT2D eigenvalue weighted by molar-refractivity contribution is 7.93. The monoisotopic (exact) mass is 385 g/mol. The van der Waals surface area contributed by atoms with Gasteiger partial charge in [0.2, 0.25) is 9.84 Å². The van der Waals surface area contributed by atoms with Crippen molar-refractivity contribution in [3.63, 3.8) is 0 Å². The van der Waals surface area contributed by atoms with Crippen LogP contribution in [0.3, 0.4) is 0 Å². The Bertz CT molecular complexity index is 980. The largest absolute Gasteiger partial charge is 0.351 e. The lowest BCUT2D eigenvalue weighted by Crippen LogP contribution is -2.26. The number of amides is 1. The molecule has 1 aromatic heterocycles. The normalized spacial score (nSPS) is 12.5. The Morgan fingerprint density at radius 2 is 1.58 bits per heavy atom. The molecule has 0 bridgehead atoms. The summed E-state index contributed by atoms with van der Waals surface area (Å²) in [6, 6.07) is 21.2. The van der Waals surface area contributed by atoms with Gasteiger partial charge in [0, 0.05) is 6.54 Å². The molecule has 1 amide bonds. The molecule has 0 saturated heterocycles. The van der Waals surface area contributed by atoms with Gasteiger partial charge in [-0.3, -0.25) is 4.79 Å². The molecule has 3 aromatic rings. The van der Waals surface area contributed by atoms with Crippen LogP contribution >= 0.6 is 11.3 Å². The molecule has 4 nitrogen and oxygen atoms in total. The Balaban J connectivity index is 1.69. The van der Waals surface area contributed by atoms with Crippen LogP contribution in [0.1, 0.15) is 28.1 Å². The van der Waals surface area contributed by atoms with E-state index in [9.17, 15) is 13.2 Å². The van der Waals surface area contributed by atoms with Crippen molar-refractivity contribution in [3.05, 3.63) is 83.2 Å². The Morgan fingerprint density at radius 3 is 2.23 bits per heavy atom. The highest BCUT2D eigenvalue weighted by Crippen LogP contribution is 2.27. The van der Waals surface area contributed by atoms with Gasteiger partial charge >= 0.3 is 0 Å². The Kier molecular flexibility index (Phi) is 5.54. The standard InChI is InChI=1S/C20H19NO3S2/c1-15(16-8-4-2-5-9-16)14-21-20(22)18-12-13-19(25-18)26(23,24)17-10-6-3-7-11-17/h2-13,15H,14H2,1H3,(H,21,22)/t15-/m0/s1. The third kappa shape index (κ3) is 4.03. The molecule has 0 radical (unpaired) electrons. The fraction of sp³-hybridized carbons (Fsp3) is 0.150. The SMILES string of the molecule is C[C@@H](CNC(=O)c1ccc(S(=O)(=O)c2ccccc2)s1)c1ccccc1. The maximum atomic E-state index is 12.6. The van der Waals surface area contributed by atoms with Crippen molar-refractivity contribution >= 4 is 27.1 Å². The lowest BCUT2D eigenvalue weighted by atomic mass is 10.0. The number of hydrogen-bond donors (Lipinski definition) is 1. The maximum Gasteiger partial charge on any atom is 0.261 e. The first-order valence-corrected chi connectivity index (χ1v) is 10.5. The minimum atomic E-state index is -3.59. The van der Waals surface area contributed by atoms with Gasteiger partial charge in [0.1, 0.15) is 4.21 Å². The summed E-state index contributed by atoms with van der Waals surface area (Å²) >= 11 is 0.990. The van der Waals surface area contributed by atoms with E-state index in [2.05, 4.69) is 5.32 Å². The van der Waals surface area contributed by atoms with Gasteiger partial charge in [-0.25, -0.2) is 8.42 Å². The van der Waals surface area contributed by atoms with E-state index in [0.717, 1.165) is 16.9 Å². The zero-order valence-electron chi connectivity index (χ0n) is 14.3. The summed E-state index contributed by atoms with van der Waals surface area (Å²) < 4.78 is 25.4. The quantitative estimate of drug-likeness (QED) is 0.694. The average molecular weight is 386 g/mol. The van der Waals surface area contributed by atoms with Crippen LogP contribution in [0, 0.1) is 0 Å². The molecule has 26 heavy (non-hydrogen) atoms. The van der Waals surface area contributed by atoms with Crippen molar-refractivity contribution < 1.29 is 13.2 Å². The predicted octanol–water partition coefficient (Wildman–Crippen LogP) is 4.11. The topological polar surface area (TPSA) is 63.2 Å². The van der Waals surface area contributed by atoms with Crippen molar-refractivity contribution in [3.8, 4) is 0 Å². The Labute approximate surface area is 157 Å². The molecule has 1 heterocycles. The van der Waals surface area contributed by atoms with Gasteiger partial charge < -0.3 is 5.32 Å². The second kappa shape index (κ2) is 7.85. The summed E-state index contributed by atoms with van der Waals surface area (Å²) in [5.41, 5.74) is 1.14. The van der Waals surface area contributed by atoms with E-state index in [-0.39, 0.29) is 20.9 Å². The molecular weight excluding hydrogens is 366 g/mol. The fourth-order valence-corrected chi connectivity index (χ4v) is 5.18. The molecule has 134 valence electrons. The highest BCUT2D eigenvalue weighted by Gasteiger charge is 2.21. The molecular formula is C20H19NO3S2. The van der Waals surface area contributed by atoms with Gasteiger partial charge in [0.15, 0.2) is 0 Å². The predicted molar refractivity (Wildman–Crippen MR) is 103 cm³/mol. The Morgan fingerprint density at radius 1 is 0.962 bits per heavy atom. The van der Waals surface area contributed by atoms with Crippen LogP contribution in [0.25, 0.3) is 0 Å². The summed E-state index contributed by atoms with van der Waals surface area (Å²) in [5.74, 6) is -0.0834. The first kappa shape index (κ1) is 18.4. The van der Waals surface area contributed by atoms with Gasteiger partial charge in [-0.1, -0.05) is 55.5 Å². The van der Waals surface area contributed by atoms with Crippen LogP contribution in [-0.2, 0) is 9.84 Å². The summed E-state index contributed by atoms with van der Waals surface area (Å²) in [6.45, 7) is 2.52. The first-order chi connectivity index (χ1) is 12.5. The lowest BCUT2D eigenvalue weighted by Gasteiger charge is -2.12. The van der Waals surface area contributed by atoms with Gasteiger partial charge in [0.05, 0.1) is 9.77 Å². The summed E-state index contributed by atoms with van der Waals surface area (Å²) in [5, 5.41) is 2.88. The van der Waals surface area contributed by atoms with E-state index in [0.29, 0.717) is 11.4 Å². The van der Waals surface area contributed by atoms with E-state index in [1.807, 2.05) is 37.3 Å². The van der Waals surface area contributed by atoms with Gasteiger partial charge in [-0.15, -0.1) is 11.3 Å². The van der Waals surface area contributed by atoms with Gasteiger partial charge in [-0.05, 0) is 35.7 Å². The van der Waals surface area contributed by atoms with Crippen LogP contribution in [-0.4, -0.2) is 20.9 Å². The van der Waals surface area contributed by atoms with Crippen molar-refractivity contribution in [2.45, 2.75) is 21.9 Å². The molecule has 3 rings (SSSR count). The minimum absolute atomic E-state index is 0.171. The molecule has 0 saturated carbocycles. The number of sulfone groups is 1. The molecule has 6 heteroatoms. The molecule has 1 N–H and O–H groups in total. The molecule has 2 aromatic carbocycles. The Hall–Kier alpha value is -2.44. The third-order valence-corrected chi connectivity index (χ3v) is 7.41. The molecule has 1 atom stereocenters. The van der Waals surface area contributed by atoms with Crippen LogP contribution in [0.15, 0.2) is 81.9 Å². The van der Waals surface area contributed by atoms with Crippen LogP contribution in [0.2, 0.25) is 0 Å². The average Bonchev–Trinajstić information content (AvgIpc) is 3.18. The van der Waals surface area contributed by atoms with E-state index < -0.39 is 9.84 Å². The molecule has 0 aliphatic heterocycles. The minimum Gasteiger partial charge on any atom is -0.351 e. The smallest absolute Gasteiger partial charge is 0.261 e. The number of rotatable bonds is 6. The number of nitrogens with one attached hydrogen (secondary N) is 1. The van der Waals surface area contributed by atoms with Gasteiger partial charge in [-0.2, -0.15) is 0 Å².